The maximum Gasteiger partial charge on any atom is 0.103 e. The zero-order valence-electron chi connectivity index (χ0n) is 11.7. The van der Waals surface area contributed by atoms with Gasteiger partial charge in [-0.15, -0.1) is 11.3 Å². The number of pyridine rings is 1. The van der Waals surface area contributed by atoms with Gasteiger partial charge in [0.05, 0.1) is 22.8 Å². The summed E-state index contributed by atoms with van der Waals surface area (Å²) in [5, 5.41) is 16.0. The van der Waals surface area contributed by atoms with Crippen LogP contribution in [-0.2, 0) is 0 Å². The van der Waals surface area contributed by atoms with Gasteiger partial charge in [0.15, 0.2) is 0 Å². The predicted octanol–water partition coefficient (Wildman–Crippen LogP) is 4.73. The number of rotatable bonds is 4. The van der Waals surface area contributed by atoms with Crippen LogP contribution in [0.5, 0.6) is 0 Å². The second kappa shape index (κ2) is 5.94. The zero-order chi connectivity index (χ0) is 14.7. The second-order valence-corrected chi connectivity index (χ2v) is 5.78. The number of nitrogens with zero attached hydrogens (tertiary/aromatic N) is 2. The highest BCUT2D eigenvalue weighted by atomic mass is 32.1. The molecule has 3 aromatic rings. The van der Waals surface area contributed by atoms with Crippen LogP contribution in [0.3, 0.4) is 0 Å². The Kier molecular flexibility index (Phi) is 3.85. The number of fused-ring (bicyclic) bond motifs is 1. The number of para-hydroxylation sites is 1. The fraction of sp³-hybridized carbons (Fsp3) is 0.176. The highest BCUT2D eigenvalue weighted by Crippen LogP contribution is 2.31. The van der Waals surface area contributed by atoms with Crippen molar-refractivity contribution in [1.29, 1.82) is 5.26 Å². The molecule has 0 aliphatic rings. The fourth-order valence-corrected chi connectivity index (χ4v) is 3.28. The van der Waals surface area contributed by atoms with Crippen LogP contribution in [0.15, 0.2) is 48.0 Å². The summed E-state index contributed by atoms with van der Waals surface area (Å²) in [6, 6.07) is 14.5. The number of anilines is 1. The third-order valence-electron chi connectivity index (χ3n) is 3.51. The first-order valence-electron chi connectivity index (χ1n) is 6.91. The Labute approximate surface area is 127 Å². The Morgan fingerprint density at radius 3 is 2.86 bits per heavy atom. The molecule has 0 fully saturated rings. The molecule has 1 N–H and O–H groups in total. The quantitative estimate of drug-likeness (QED) is 0.756. The van der Waals surface area contributed by atoms with E-state index in [0.29, 0.717) is 5.56 Å². The molecule has 1 atom stereocenters. The molecule has 1 aromatic carbocycles. The summed E-state index contributed by atoms with van der Waals surface area (Å²) in [6.45, 7) is 2.15. The van der Waals surface area contributed by atoms with E-state index in [2.05, 4.69) is 40.8 Å². The van der Waals surface area contributed by atoms with Crippen molar-refractivity contribution in [3.05, 3.63) is 58.4 Å². The molecule has 0 spiro atoms. The number of hydrogen-bond donors (Lipinski definition) is 1. The molecular formula is C17H15N3S. The summed E-state index contributed by atoms with van der Waals surface area (Å²) in [5.74, 6) is 0. The van der Waals surface area contributed by atoms with E-state index in [1.807, 2.05) is 24.3 Å². The van der Waals surface area contributed by atoms with Crippen LogP contribution in [0.25, 0.3) is 10.9 Å². The molecule has 0 radical (unpaired) electrons. The highest BCUT2D eigenvalue weighted by molar-refractivity contribution is 7.10. The number of benzene rings is 1. The predicted molar refractivity (Wildman–Crippen MR) is 87.4 cm³/mol. The molecule has 21 heavy (non-hydrogen) atoms. The maximum absolute atomic E-state index is 9.37. The third kappa shape index (κ3) is 2.61. The second-order valence-electron chi connectivity index (χ2n) is 4.80. The monoisotopic (exact) mass is 293 g/mol. The Balaban J connectivity index is 2.08. The van der Waals surface area contributed by atoms with Crippen molar-refractivity contribution in [3.8, 4) is 6.07 Å². The van der Waals surface area contributed by atoms with E-state index in [0.717, 1.165) is 23.0 Å². The van der Waals surface area contributed by atoms with Gasteiger partial charge in [-0.2, -0.15) is 5.26 Å². The first-order valence-corrected chi connectivity index (χ1v) is 7.79. The Bertz CT molecular complexity index is 787. The van der Waals surface area contributed by atoms with Gasteiger partial charge in [0.2, 0.25) is 0 Å². The van der Waals surface area contributed by atoms with Crippen molar-refractivity contribution in [2.75, 3.05) is 5.32 Å². The van der Waals surface area contributed by atoms with Gasteiger partial charge < -0.3 is 5.32 Å². The molecular weight excluding hydrogens is 278 g/mol. The highest BCUT2D eigenvalue weighted by Gasteiger charge is 2.15. The molecule has 104 valence electrons. The molecule has 2 aromatic heterocycles. The SMILES string of the molecule is CCC(Nc1c(C#N)cnc2ccccc12)c1cccs1. The first kappa shape index (κ1) is 13.6. The summed E-state index contributed by atoms with van der Waals surface area (Å²) in [6.07, 6.45) is 2.61. The van der Waals surface area contributed by atoms with E-state index in [4.69, 9.17) is 0 Å². The normalized spacial score (nSPS) is 12.0. The minimum Gasteiger partial charge on any atom is -0.376 e. The zero-order valence-corrected chi connectivity index (χ0v) is 12.5. The number of hydrogen-bond acceptors (Lipinski definition) is 4. The van der Waals surface area contributed by atoms with E-state index < -0.39 is 0 Å². The first-order chi connectivity index (χ1) is 10.3. The largest absolute Gasteiger partial charge is 0.376 e. The molecule has 0 saturated heterocycles. The van der Waals surface area contributed by atoms with Gasteiger partial charge in [0, 0.05) is 16.5 Å². The third-order valence-corrected chi connectivity index (χ3v) is 4.50. The van der Waals surface area contributed by atoms with Crippen molar-refractivity contribution in [1.82, 2.24) is 4.98 Å². The van der Waals surface area contributed by atoms with Crippen LogP contribution < -0.4 is 5.32 Å². The average molecular weight is 293 g/mol. The summed E-state index contributed by atoms with van der Waals surface area (Å²) in [4.78, 5) is 5.63. The van der Waals surface area contributed by atoms with Gasteiger partial charge in [-0.1, -0.05) is 31.2 Å². The van der Waals surface area contributed by atoms with Gasteiger partial charge in [0.1, 0.15) is 6.07 Å². The number of nitriles is 1. The van der Waals surface area contributed by atoms with Crippen LogP contribution in [-0.4, -0.2) is 4.98 Å². The van der Waals surface area contributed by atoms with Crippen molar-refractivity contribution in [2.45, 2.75) is 19.4 Å². The molecule has 0 bridgehead atoms. The van der Waals surface area contributed by atoms with E-state index in [1.54, 1.807) is 17.5 Å². The summed E-state index contributed by atoms with van der Waals surface area (Å²) in [7, 11) is 0. The molecule has 2 heterocycles. The minimum absolute atomic E-state index is 0.211. The molecule has 0 aliphatic heterocycles. The molecule has 0 saturated carbocycles. The lowest BCUT2D eigenvalue weighted by Gasteiger charge is -2.19. The van der Waals surface area contributed by atoms with Crippen LogP contribution in [0.4, 0.5) is 5.69 Å². The molecule has 0 amide bonds. The van der Waals surface area contributed by atoms with Gasteiger partial charge >= 0.3 is 0 Å². The lowest BCUT2D eigenvalue weighted by Crippen LogP contribution is -2.10. The molecule has 0 aliphatic carbocycles. The van der Waals surface area contributed by atoms with Crippen molar-refractivity contribution < 1.29 is 0 Å². The van der Waals surface area contributed by atoms with Gasteiger partial charge in [0.25, 0.3) is 0 Å². The minimum atomic E-state index is 0.211. The van der Waals surface area contributed by atoms with Gasteiger partial charge in [-0.25, -0.2) is 0 Å². The van der Waals surface area contributed by atoms with Crippen molar-refractivity contribution in [3.63, 3.8) is 0 Å². The summed E-state index contributed by atoms with van der Waals surface area (Å²) < 4.78 is 0. The fourth-order valence-electron chi connectivity index (χ4n) is 2.42. The molecule has 4 heteroatoms. The lowest BCUT2D eigenvalue weighted by molar-refractivity contribution is 0.764. The summed E-state index contributed by atoms with van der Waals surface area (Å²) >= 11 is 1.73. The number of aromatic nitrogens is 1. The van der Waals surface area contributed by atoms with E-state index in [1.165, 1.54) is 4.88 Å². The smallest absolute Gasteiger partial charge is 0.103 e. The standard InChI is InChI=1S/C17H15N3S/c1-2-14(16-8-5-9-21-16)20-17-12(10-18)11-19-15-7-4-3-6-13(15)17/h3-9,11,14H,2H2,1H3,(H,19,20). The summed E-state index contributed by atoms with van der Waals surface area (Å²) in [5.41, 5.74) is 2.37. The van der Waals surface area contributed by atoms with Crippen molar-refractivity contribution >= 4 is 27.9 Å². The lowest BCUT2D eigenvalue weighted by atomic mass is 10.1. The van der Waals surface area contributed by atoms with Crippen LogP contribution >= 0.6 is 11.3 Å². The van der Waals surface area contributed by atoms with Crippen molar-refractivity contribution in [2.24, 2.45) is 0 Å². The molecule has 3 nitrogen and oxygen atoms in total. The molecule has 3 rings (SSSR count). The van der Waals surface area contributed by atoms with Gasteiger partial charge in [-0.05, 0) is 23.9 Å². The molecule has 1 unspecified atom stereocenters. The number of nitrogens with one attached hydrogen (secondary N) is 1. The van der Waals surface area contributed by atoms with E-state index in [-0.39, 0.29) is 6.04 Å². The van der Waals surface area contributed by atoms with E-state index in [9.17, 15) is 5.26 Å². The van der Waals surface area contributed by atoms with Crippen LogP contribution in [0.2, 0.25) is 0 Å². The Morgan fingerprint density at radius 1 is 1.29 bits per heavy atom. The van der Waals surface area contributed by atoms with E-state index >= 15 is 0 Å². The van der Waals surface area contributed by atoms with Crippen LogP contribution in [0, 0.1) is 11.3 Å². The topological polar surface area (TPSA) is 48.7 Å². The number of thiophene rings is 1. The maximum atomic E-state index is 9.37. The van der Waals surface area contributed by atoms with Gasteiger partial charge in [-0.3, -0.25) is 4.98 Å². The van der Waals surface area contributed by atoms with Crippen LogP contribution in [0.1, 0.15) is 29.8 Å². The Hall–Kier alpha value is -2.38. The average Bonchev–Trinajstić information content (AvgIpc) is 3.06. The Morgan fingerprint density at radius 2 is 2.14 bits per heavy atom.